The van der Waals surface area contributed by atoms with Crippen molar-refractivity contribution in [1.29, 1.82) is 5.26 Å². The van der Waals surface area contributed by atoms with Crippen LogP contribution in [0, 0.1) is 22.6 Å². The summed E-state index contributed by atoms with van der Waals surface area (Å²) in [5.74, 6) is -0.677. The van der Waals surface area contributed by atoms with Crippen LogP contribution in [0.2, 0.25) is 0 Å². The molecule has 1 atom stereocenters. The van der Waals surface area contributed by atoms with Crippen molar-refractivity contribution >= 4 is 11.6 Å². The SMILES string of the molecule is CC1(C)CC(=O)C2=C(C1)Nc1ncc(F)c(C#N)c1[C@@]2(C)c1cccc(-c2ccncc2CC(F)(F)F)c1. The first kappa shape index (κ1) is 25.6. The summed E-state index contributed by atoms with van der Waals surface area (Å²) in [5, 5.41) is 13.1. The van der Waals surface area contributed by atoms with Crippen LogP contribution < -0.4 is 5.32 Å². The van der Waals surface area contributed by atoms with Gasteiger partial charge in [-0.3, -0.25) is 9.78 Å². The van der Waals surface area contributed by atoms with E-state index in [0.717, 1.165) is 6.20 Å². The minimum atomic E-state index is -4.43. The maximum absolute atomic E-state index is 14.9. The van der Waals surface area contributed by atoms with Crippen LogP contribution in [0.4, 0.5) is 23.4 Å². The minimum Gasteiger partial charge on any atom is -0.343 e. The molecule has 1 N–H and O–H groups in total. The number of hydrogen-bond acceptors (Lipinski definition) is 5. The van der Waals surface area contributed by atoms with Crippen LogP contribution in [-0.2, 0) is 16.6 Å². The Morgan fingerprint density at radius 1 is 1.13 bits per heavy atom. The summed E-state index contributed by atoms with van der Waals surface area (Å²) in [6, 6.07) is 10.3. The molecule has 0 fully saturated rings. The number of halogens is 4. The van der Waals surface area contributed by atoms with Crippen molar-refractivity contribution in [3.63, 3.8) is 0 Å². The lowest BCUT2D eigenvalue weighted by molar-refractivity contribution is -0.127. The molecule has 3 heterocycles. The van der Waals surface area contributed by atoms with E-state index in [0.29, 0.717) is 34.4 Å². The highest BCUT2D eigenvalue weighted by atomic mass is 19.4. The van der Waals surface area contributed by atoms with Crippen molar-refractivity contribution in [1.82, 2.24) is 9.97 Å². The molecule has 1 aliphatic carbocycles. The van der Waals surface area contributed by atoms with Crippen molar-refractivity contribution in [2.24, 2.45) is 5.41 Å². The van der Waals surface area contributed by atoms with E-state index in [-0.39, 0.29) is 40.1 Å². The molecule has 2 aromatic heterocycles. The molecule has 9 heteroatoms. The first-order chi connectivity index (χ1) is 17.8. The van der Waals surface area contributed by atoms with Gasteiger partial charge < -0.3 is 5.32 Å². The summed E-state index contributed by atoms with van der Waals surface area (Å²) < 4.78 is 54.8. The number of hydrogen-bond donors (Lipinski definition) is 1. The number of carbonyl (C=O) groups is 1. The Morgan fingerprint density at radius 3 is 2.61 bits per heavy atom. The maximum atomic E-state index is 14.9. The van der Waals surface area contributed by atoms with Crippen molar-refractivity contribution in [2.45, 2.75) is 51.6 Å². The van der Waals surface area contributed by atoms with Crippen molar-refractivity contribution < 1.29 is 22.4 Å². The van der Waals surface area contributed by atoms with E-state index >= 15 is 0 Å². The monoisotopic (exact) mass is 520 g/mol. The number of rotatable bonds is 3. The molecule has 5 nitrogen and oxygen atoms in total. The van der Waals surface area contributed by atoms with Crippen molar-refractivity contribution in [3.8, 4) is 17.2 Å². The lowest BCUT2D eigenvalue weighted by atomic mass is 9.61. The van der Waals surface area contributed by atoms with Crippen LogP contribution in [0.5, 0.6) is 0 Å². The highest BCUT2D eigenvalue weighted by Crippen LogP contribution is 2.53. The molecule has 0 amide bonds. The van der Waals surface area contributed by atoms with E-state index in [1.54, 1.807) is 31.2 Å². The molecule has 5 rings (SSSR count). The standard InChI is InChI=1S/C29H24F4N4O/c1-27(2)11-22-25(23(38)12-27)28(3,24-20(13-34)21(30)15-36-26(24)37-22)18-6-4-5-16(9-18)19-7-8-35-14-17(19)10-29(31,32)33/h4-9,14-15H,10-12H2,1-3H3,(H,36,37)/t28-/m1/s1. The Hall–Kier alpha value is -4.06. The summed E-state index contributed by atoms with van der Waals surface area (Å²) >= 11 is 0. The van der Waals surface area contributed by atoms with Crippen LogP contribution in [0.3, 0.4) is 0 Å². The lowest BCUT2D eigenvalue weighted by Crippen LogP contribution is -2.43. The number of Topliss-reactive ketones (excluding diaryl/α,β-unsaturated/α-hetero) is 1. The Bertz CT molecular complexity index is 1550. The van der Waals surface area contributed by atoms with E-state index in [1.165, 1.54) is 18.5 Å². The van der Waals surface area contributed by atoms with Crippen LogP contribution in [0.15, 0.2) is 60.2 Å². The molecule has 1 aliphatic heterocycles. The Balaban J connectivity index is 1.78. The zero-order valence-electron chi connectivity index (χ0n) is 21.0. The normalized spacial score (nSPS) is 20.3. The maximum Gasteiger partial charge on any atom is 0.393 e. The van der Waals surface area contributed by atoms with Crippen molar-refractivity contribution in [2.75, 3.05) is 5.32 Å². The van der Waals surface area contributed by atoms with E-state index < -0.39 is 23.8 Å². The third kappa shape index (κ3) is 4.24. The summed E-state index contributed by atoms with van der Waals surface area (Å²) in [5.41, 5.74) is 0.828. The second-order valence-electron chi connectivity index (χ2n) is 10.8. The molecule has 194 valence electrons. The molecule has 0 bridgehead atoms. The van der Waals surface area contributed by atoms with Gasteiger partial charge in [0.05, 0.1) is 23.6 Å². The van der Waals surface area contributed by atoms with Gasteiger partial charge in [0, 0.05) is 35.6 Å². The van der Waals surface area contributed by atoms with Gasteiger partial charge in [0.1, 0.15) is 11.9 Å². The molecule has 3 aromatic rings. The first-order valence-corrected chi connectivity index (χ1v) is 12.1. The fraction of sp³-hybridized carbons (Fsp3) is 0.310. The fourth-order valence-electron chi connectivity index (χ4n) is 5.81. The number of anilines is 1. The number of nitriles is 1. The van der Waals surface area contributed by atoms with Crippen LogP contribution in [0.25, 0.3) is 11.1 Å². The predicted molar refractivity (Wildman–Crippen MR) is 133 cm³/mol. The molecule has 0 spiro atoms. The Morgan fingerprint density at radius 2 is 1.89 bits per heavy atom. The second-order valence-corrected chi connectivity index (χ2v) is 10.8. The zero-order chi connectivity index (χ0) is 27.5. The van der Waals surface area contributed by atoms with Gasteiger partial charge in [-0.05, 0) is 53.1 Å². The van der Waals surface area contributed by atoms with Crippen LogP contribution in [-0.4, -0.2) is 21.9 Å². The Kier molecular flexibility index (Phi) is 5.90. The molecule has 2 aliphatic rings. The smallest absolute Gasteiger partial charge is 0.343 e. The molecular weight excluding hydrogens is 496 g/mol. The van der Waals surface area contributed by atoms with Gasteiger partial charge in [0.15, 0.2) is 11.6 Å². The quantitative estimate of drug-likeness (QED) is 0.392. The molecule has 38 heavy (non-hydrogen) atoms. The summed E-state index contributed by atoms with van der Waals surface area (Å²) in [7, 11) is 0. The predicted octanol–water partition coefficient (Wildman–Crippen LogP) is 6.63. The third-order valence-electron chi connectivity index (χ3n) is 7.33. The molecule has 0 saturated heterocycles. The van der Waals surface area contributed by atoms with Gasteiger partial charge in [-0.15, -0.1) is 0 Å². The number of fused-ring (bicyclic) bond motifs is 1. The van der Waals surface area contributed by atoms with Gasteiger partial charge in [0.2, 0.25) is 0 Å². The topological polar surface area (TPSA) is 78.7 Å². The number of pyridine rings is 2. The average Bonchev–Trinajstić information content (AvgIpc) is 2.83. The Labute approximate surface area is 217 Å². The number of benzene rings is 1. The molecular formula is C29H24F4N4O. The highest BCUT2D eigenvalue weighted by molar-refractivity contribution is 6.03. The zero-order valence-corrected chi connectivity index (χ0v) is 21.0. The third-order valence-corrected chi connectivity index (χ3v) is 7.33. The number of ketones is 1. The van der Waals surface area contributed by atoms with E-state index in [9.17, 15) is 27.6 Å². The number of allylic oxidation sites excluding steroid dienone is 2. The summed E-state index contributed by atoms with van der Waals surface area (Å²) in [4.78, 5) is 21.8. The molecule has 0 saturated carbocycles. The number of carbonyl (C=O) groups excluding carboxylic acids is 1. The number of aromatic nitrogens is 2. The molecule has 0 unspecified atom stereocenters. The fourth-order valence-corrected chi connectivity index (χ4v) is 5.81. The minimum absolute atomic E-state index is 0.00818. The average molecular weight is 521 g/mol. The van der Waals surface area contributed by atoms with E-state index in [4.69, 9.17) is 0 Å². The van der Waals surface area contributed by atoms with Crippen molar-refractivity contribution in [3.05, 3.63) is 88.3 Å². The summed E-state index contributed by atoms with van der Waals surface area (Å²) in [6.45, 7) is 5.71. The second kappa shape index (κ2) is 8.76. The van der Waals surface area contributed by atoms with Gasteiger partial charge in [-0.25, -0.2) is 9.37 Å². The van der Waals surface area contributed by atoms with E-state index in [1.807, 2.05) is 19.9 Å². The van der Waals surface area contributed by atoms with Gasteiger partial charge in [-0.1, -0.05) is 32.0 Å². The number of nitrogens with zero attached hydrogens (tertiary/aromatic N) is 3. The van der Waals surface area contributed by atoms with E-state index in [2.05, 4.69) is 15.3 Å². The number of nitrogens with one attached hydrogen (secondary N) is 1. The largest absolute Gasteiger partial charge is 0.393 e. The molecule has 0 radical (unpaired) electrons. The molecule has 1 aromatic carbocycles. The lowest BCUT2D eigenvalue weighted by Gasteiger charge is -2.45. The van der Waals surface area contributed by atoms with Gasteiger partial charge in [-0.2, -0.15) is 18.4 Å². The van der Waals surface area contributed by atoms with Gasteiger partial charge in [0.25, 0.3) is 0 Å². The van der Waals surface area contributed by atoms with Gasteiger partial charge >= 0.3 is 6.18 Å². The van der Waals surface area contributed by atoms with Crippen LogP contribution in [0.1, 0.15) is 55.9 Å². The first-order valence-electron chi connectivity index (χ1n) is 12.1. The number of alkyl halides is 3. The summed E-state index contributed by atoms with van der Waals surface area (Å²) in [6.07, 6.45) is -1.21. The van der Waals surface area contributed by atoms with Crippen LogP contribution >= 0.6 is 0 Å². The highest BCUT2D eigenvalue weighted by Gasteiger charge is 2.49.